The first-order chi connectivity index (χ1) is 7.04. The lowest BCUT2D eigenvalue weighted by Crippen LogP contribution is -2.22. The Kier molecular flexibility index (Phi) is 2.54. The van der Waals surface area contributed by atoms with Crippen LogP contribution in [0.3, 0.4) is 0 Å². The van der Waals surface area contributed by atoms with Crippen LogP contribution < -0.4 is 5.73 Å². The summed E-state index contributed by atoms with van der Waals surface area (Å²) in [4.78, 5) is 0. The lowest BCUT2D eigenvalue weighted by Gasteiger charge is -2.27. The number of aliphatic hydroxyl groups excluding tert-OH is 2. The number of aliphatic hydroxyl groups is 2. The first-order valence-corrected chi connectivity index (χ1v) is 5.12. The van der Waals surface area contributed by atoms with E-state index in [2.05, 4.69) is 15.9 Å². The third-order valence-corrected chi connectivity index (χ3v) is 3.36. The Hall–Kier alpha value is -0.910. The highest BCUT2D eigenvalue weighted by molar-refractivity contribution is 9.11. The Balaban J connectivity index is 2.67. The van der Waals surface area contributed by atoms with Crippen LogP contribution in [0.15, 0.2) is 28.4 Å². The molecule has 0 aromatic heterocycles. The van der Waals surface area contributed by atoms with Gasteiger partial charge in [-0.1, -0.05) is 28.1 Å². The smallest absolute Gasteiger partial charge is 0.129 e. The zero-order valence-corrected chi connectivity index (χ0v) is 9.20. The second-order valence-electron chi connectivity index (χ2n) is 3.35. The minimum Gasteiger partial charge on any atom is -0.399 e. The lowest BCUT2D eigenvalue weighted by atomic mass is 9.90. The third-order valence-electron chi connectivity index (χ3n) is 2.47. The summed E-state index contributed by atoms with van der Waals surface area (Å²) in [7, 11) is 0. The van der Waals surface area contributed by atoms with Gasteiger partial charge in [-0.25, -0.2) is 4.39 Å². The van der Waals surface area contributed by atoms with E-state index < -0.39 is 18.0 Å². The maximum atomic E-state index is 13.4. The van der Waals surface area contributed by atoms with Gasteiger partial charge < -0.3 is 15.9 Å². The fourth-order valence-corrected chi connectivity index (χ4v) is 2.12. The van der Waals surface area contributed by atoms with Crippen LogP contribution in [-0.2, 0) is 0 Å². The van der Waals surface area contributed by atoms with Crippen LogP contribution in [0.2, 0.25) is 0 Å². The fraction of sp³-hybridized carbons (Fsp3) is 0.200. The van der Waals surface area contributed by atoms with Gasteiger partial charge in [-0.05, 0) is 11.6 Å². The summed E-state index contributed by atoms with van der Waals surface area (Å²) < 4.78 is 13.7. The molecule has 4 N–H and O–H groups in total. The van der Waals surface area contributed by atoms with E-state index in [4.69, 9.17) is 5.73 Å². The molecule has 2 atom stereocenters. The second-order valence-corrected chi connectivity index (χ2v) is 4.21. The molecule has 0 aliphatic heterocycles. The van der Waals surface area contributed by atoms with Crippen molar-refractivity contribution in [2.24, 2.45) is 5.73 Å². The van der Waals surface area contributed by atoms with Crippen LogP contribution in [0, 0.1) is 5.82 Å². The van der Waals surface area contributed by atoms with Crippen molar-refractivity contribution in [3.05, 3.63) is 45.3 Å². The van der Waals surface area contributed by atoms with Crippen LogP contribution in [0.25, 0.3) is 0 Å². The van der Waals surface area contributed by atoms with Gasteiger partial charge in [-0.3, -0.25) is 0 Å². The van der Waals surface area contributed by atoms with Gasteiger partial charge in [0.15, 0.2) is 0 Å². The molecule has 0 amide bonds. The van der Waals surface area contributed by atoms with Gasteiger partial charge in [0.2, 0.25) is 0 Å². The molecule has 0 saturated heterocycles. The molecule has 1 aliphatic carbocycles. The molecule has 2 unspecified atom stereocenters. The molecular weight excluding hydrogens is 265 g/mol. The molecule has 1 aliphatic rings. The topological polar surface area (TPSA) is 66.5 Å². The molecule has 0 bridgehead atoms. The average Bonchev–Trinajstić information content (AvgIpc) is 2.23. The molecule has 5 heteroatoms. The Morgan fingerprint density at radius 2 is 1.93 bits per heavy atom. The standard InChI is InChI=1S/C10H9BrFNO2/c11-7-8(13)10(15)6-4(9(7)14)2-1-3-5(6)12/h1-3,9-10,14-15H,13H2. The van der Waals surface area contributed by atoms with Gasteiger partial charge in [0.1, 0.15) is 18.0 Å². The predicted octanol–water partition coefficient (Wildman–Crippen LogP) is 1.47. The van der Waals surface area contributed by atoms with Gasteiger partial charge in [0, 0.05) is 10.0 Å². The van der Waals surface area contributed by atoms with E-state index in [0.717, 1.165) is 0 Å². The van der Waals surface area contributed by atoms with E-state index >= 15 is 0 Å². The van der Waals surface area contributed by atoms with Crippen LogP contribution in [0.5, 0.6) is 0 Å². The van der Waals surface area contributed by atoms with Gasteiger partial charge >= 0.3 is 0 Å². The normalized spacial score (nSPS) is 25.3. The highest BCUT2D eigenvalue weighted by Gasteiger charge is 2.31. The van der Waals surface area contributed by atoms with Crippen molar-refractivity contribution >= 4 is 15.9 Å². The quantitative estimate of drug-likeness (QED) is 0.671. The summed E-state index contributed by atoms with van der Waals surface area (Å²) in [5.74, 6) is -0.568. The van der Waals surface area contributed by atoms with Crippen molar-refractivity contribution in [1.29, 1.82) is 0 Å². The van der Waals surface area contributed by atoms with Gasteiger partial charge in [0.05, 0.1) is 5.70 Å². The van der Waals surface area contributed by atoms with Crippen molar-refractivity contribution in [2.75, 3.05) is 0 Å². The number of hydrogen-bond donors (Lipinski definition) is 3. The molecular formula is C10H9BrFNO2. The van der Waals surface area contributed by atoms with Gasteiger partial charge in [-0.15, -0.1) is 0 Å². The van der Waals surface area contributed by atoms with Crippen molar-refractivity contribution in [1.82, 2.24) is 0 Å². The maximum absolute atomic E-state index is 13.4. The summed E-state index contributed by atoms with van der Waals surface area (Å²) in [6.45, 7) is 0. The lowest BCUT2D eigenvalue weighted by molar-refractivity contribution is 0.170. The summed E-state index contributed by atoms with van der Waals surface area (Å²) in [5, 5.41) is 19.5. The minimum absolute atomic E-state index is 0.0418. The van der Waals surface area contributed by atoms with Crippen LogP contribution in [-0.4, -0.2) is 10.2 Å². The maximum Gasteiger partial charge on any atom is 0.129 e. The van der Waals surface area contributed by atoms with Crippen LogP contribution >= 0.6 is 15.9 Å². The molecule has 0 fully saturated rings. The van der Waals surface area contributed by atoms with E-state index in [0.29, 0.717) is 5.56 Å². The van der Waals surface area contributed by atoms with E-state index in [1.165, 1.54) is 12.1 Å². The zero-order valence-electron chi connectivity index (χ0n) is 7.61. The number of benzene rings is 1. The number of fused-ring (bicyclic) bond motifs is 1. The molecule has 15 heavy (non-hydrogen) atoms. The number of nitrogens with two attached hydrogens (primary N) is 1. The number of hydrogen-bond acceptors (Lipinski definition) is 3. The molecule has 0 spiro atoms. The second kappa shape index (κ2) is 3.59. The Bertz CT molecular complexity index is 447. The Morgan fingerprint density at radius 3 is 2.60 bits per heavy atom. The summed E-state index contributed by atoms with van der Waals surface area (Å²) >= 11 is 3.08. The van der Waals surface area contributed by atoms with Crippen molar-refractivity contribution < 1.29 is 14.6 Å². The minimum atomic E-state index is -1.21. The van der Waals surface area contributed by atoms with E-state index in [1.807, 2.05) is 0 Å². The first kappa shape index (κ1) is 10.6. The summed E-state index contributed by atoms with van der Waals surface area (Å²) in [5.41, 5.74) is 5.98. The molecule has 0 heterocycles. The first-order valence-electron chi connectivity index (χ1n) is 4.33. The van der Waals surface area contributed by atoms with E-state index in [1.54, 1.807) is 6.07 Å². The SMILES string of the molecule is NC1=C(Br)C(O)c2cccc(F)c2C1O. The van der Waals surface area contributed by atoms with Crippen molar-refractivity contribution in [3.8, 4) is 0 Å². The van der Waals surface area contributed by atoms with Crippen LogP contribution in [0.4, 0.5) is 4.39 Å². The molecule has 0 saturated carbocycles. The largest absolute Gasteiger partial charge is 0.399 e. The van der Waals surface area contributed by atoms with E-state index in [9.17, 15) is 14.6 Å². The Morgan fingerprint density at radius 1 is 1.27 bits per heavy atom. The van der Waals surface area contributed by atoms with E-state index in [-0.39, 0.29) is 15.7 Å². The zero-order chi connectivity index (χ0) is 11.2. The van der Waals surface area contributed by atoms with Crippen molar-refractivity contribution in [3.63, 3.8) is 0 Å². The highest BCUT2D eigenvalue weighted by Crippen LogP contribution is 2.41. The third kappa shape index (κ3) is 1.47. The number of halogens is 2. The molecule has 1 aromatic rings. The van der Waals surface area contributed by atoms with Crippen molar-refractivity contribution in [2.45, 2.75) is 12.2 Å². The molecule has 2 rings (SSSR count). The van der Waals surface area contributed by atoms with Gasteiger partial charge in [0.25, 0.3) is 0 Å². The molecule has 0 radical (unpaired) electrons. The molecule has 80 valence electrons. The monoisotopic (exact) mass is 273 g/mol. The molecule has 1 aromatic carbocycles. The fourth-order valence-electron chi connectivity index (χ4n) is 1.66. The summed E-state index contributed by atoms with van der Waals surface area (Å²) in [6, 6.07) is 4.26. The van der Waals surface area contributed by atoms with Crippen LogP contribution in [0.1, 0.15) is 23.3 Å². The average molecular weight is 274 g/mol. The van der Waals surface area contributed by atoms with Gasteiger partial charge in [-0.2, -0.15) is 0 Å². The number of rotatable bonds is 0. The highest BCUT2D eigenvalue weighted by atomic mass is 79.9. The molecule has 3 nitrogen and oxygen atoms in total. The summed E-state index contributed by atoms with van der Waals surface area (Å²) in [6.07, 6.45) is -2.22. The Labute approximate surface area is 94.2 Å². The predicted molar refractivity (Wildman–Crippen MR) is 56.5 cm³/mol.